The quantitative estimate of drug-likeness (QED) is 0.650. The molecule has 0 aromatic heterocycles. The molecular weight excluding hydrogens is 257 g/mol. The Labute approximate surface area is 108 Å². The lowest BCUT2D eigenvalue weighted by molar-refractivity contribution is -0.386. The fourth-order valence-electron chi connectivity index (χ4n) is 2.08. The highest BCUT2D eigenvalue weighted by atomic mass is 19.1. The molecule has 0 unspecified atom stereocenters. The van der Waals surface area contributed by atoms with Crippen molar-refractivity contribution in [2.45, 2.75) is 0 Å². The average Bonchev–Trinajstić information content (AvgIpc) is 2.38. The van der Waals surface area contributed by atoms with Crippen molar-refractivity contribution in [3.8, 4) is 0 Å². The van der Waals surface area contributed by atoms with Crippen molar-refractivity contribution in [3.63, 3.8) is 0 Å². The number of halogens is 1. The van der Waals surface area contributed by atoms with Crippen LogP contribution in [0, 0.1) is 15.9 Å². The van der Waals surface area contributed by atoms with Gasteiger partial charge in [-0.3, -0.25) is 10.1 Å². The molecule has 0 aliphatic carbocycles. The Morgan fingerprint density at radius 3 is 2.47 bits per heavy atom. The Morgan fingerprint density at radius 2 is 1.95 bits per heavy atom. The van der Waals surface area contributed by atoms with E-state index in [1.807, 2.05) is 0 Å². The van der Waals surface area contributed by atoms with E-state index in [1.165, 1.54) is 17.0 Å². The number of nitrogens with zero attached hydrogens (tertiary/aromatic N) is 3. The minimum absolute atomic E-state index is 0.190. The van der Waals surface area contributed by atoms with Gasteiger partial charge in [0.15, 0.2) is 0 Å². The van der Waals surface area contributed by atoms with Crippen LogP contribution in [-0.4, -0.2) is 47.2 Å². The molecule has 1 aliphatic heterocycles. The van der Waals surface area contributed by atoms with E-state index in [-0.39, 0.29) is 18.8 Å². The summed E-state index contributed by atoms with van der Waals surface area (Å²) in [5.74, 6) is -0.886. The number of hydrogen-bond donors (Lipinski definition) is 1. The summed E-state index contributed by atoms with van der Waals surface area (Å²) in [6.45, 7) is 1.08. The second kappa shape index (κ2) is 5.09. The van der Waals surface area contributed by atoms with E-state index < -0.39 is 22.5 Å². The molecule has 102 valence electrons. The van der Waals surface area contributed by atoms with Crippen LogP contribution in [0.2, 0.25) is 0 Å². The van der Waals surface area contributed by atoms with Gasteiger partial charge in [0.25, 0.3) is 0 Å². The average molecular weight is 269 g/mol. The standard InChI is InChI=1S/C11H12FN3O4/c12-8-2-1-3-9(10(8)15(18)19)13-4-6-14(7-5-13)11(16)17/h1-3H,4-7H2,(H,16,17). The summed E-state index contributed by atoms with van der Waals surface area (Å²) in [5.41, 5.74) is -0.374. The molecule has 1 heterocycles. The molecule has 0 spiro atoms. The summed E-state index contributed by atoms with van der Waals surface area (Å²) in [7, 11) is 0. The summed E-state index contributed by atoms with van der Waals surface area (Å²) in [4.78, 5) is 23.8. The highest BCUT2D eigenvalue weighted by Gasteiger charge is 2.27. The van der Waals surface area contributed by atoms with Crippen molar-refractivity contribution in [1.29, 1.82) is 0 Å². The van der Waals surface area contributed by atoms with Gasteiger partial charge in [0, 0.05) is 26.2 Å². The Morgan fingerprint density at radius 1 is 1.32 bits per heavy atom. The lowest BCUT2D eigenvalue weighted by Gasteiger charge is -2.34. The van der Waals surface area contributed by atoms with E-state index in [1.54, 1.807) is 4.90 Å². The van der Waals surface area contributed by atoms with Crippen LogP contribution in [0.25, 0.3) is 0 Å². The van der Waals surface area contributed by atoms with E-state index in [0.717, 1.165) is 6.07 Å². The first-order valence-corrected chi connectivity index (χ1v) is 5.66. The first-order chi connectivity index (χ1) is 9.00. The van der Waals surface area contributed by atoms with Gasteiger partial charge < -0.3 is 14.9 Å². The Balaban J connectivity index is 2.22. The van der Waals surface area contributed by atoms with Gasteiger partial charge in [0.05, 0.1) is 4.92 Å². The number of carboxylic acid groups (broad SMARTS) is 1. The summed E-state index contributed by atoms with van der Waals surface area (Å²) in [5, 5.41) is 19.7. The number of nitro benzene ring substituents is 1. The van der Waals surface area contributed by atoms with Gasteiger partial charge in [-0.05, 0) is 12.1 Å². The first kappa shape index (κ1) is 13.1. The number of para-hydroxylation sites is 1. The van der Waals surface area contributed by atoms with E-state index in [4.69, 9.17) is 5.11 Å². The lowest BCUT2D eigenvalue weighted by atomic mass is 10.2. The third-order valence-electron chi connectivity index (χ3n) is 3.04. The molecule has 0 radical (unpaired) electrons. The maximum atomic E-state index is 13.5. The minimum Gasteiger partial charge on any atom is -0.465 e. The van der Waals surface area contributed by atoms with Crippen molar-refractivity contribution < 1.29 is 19.2 Å². The molecule has 1 saturated heterocycles. The molecule has 0 saturated carbocycles. The van der Waals surface area contributed by atoms with E-state index in [0.29, 0.717) is 13.1 Å². The maximum Gasteiger partial charge on any atom is 0.407 e. The highest BCUT2D eigenvalue weighted by molar-refractivity contribution is 5.67. The largest absolute Gasteiger partial charge is 0.465 e. The van der Waals surface area contributed by atoms with Gasteiger partial charge in [-0.25, -0.2) is 4.79 Å². The predicted molar refractivity (Wildman–Crippen MR) is 64.9 cm³/mol. The molecule has 2 rings (SSSR count). The SMILES string of the molecule is O=C(O)N1CCN(c2cccc(F)c2[N+](=O)[O-])CC1. The van der Waals surface area contributed by atoms with Crippen LogP contribution in [0.3, 0.4) is 0 Å². The van der Waals surface area contributed by atoms with Crippen molar-refractivity contribution in [2.24, 2.45) is 0 Å². The molecule has 19 heavy (non-hydrogen) atoms. The van der Waals surface area contributed by atoms with Crippen LogP contribution in [0.5, 0.6) is 0 Å². The number of nitro groups is 1. The smallest absolute Gasteiger partial charge is 0.407 e. The fraction of sp³-hybridized carbons (Fsp3) is 0.364. The second-order valence-corrected chi connectivity index (χ2v) is 4.12. The van der Waals surface area contributed by atoms with Crippen LogP contribution in [-0.2, 0) is 0 Å². The van der Waals surface area contributed by atoms with Crippen molar-refractivity contribution >= 4 is 17.5 Å². The molecule has 8 heteroatoms. The lowest BCUT2D eigenvalue weighted by Crippen LogP contribution is -2.48. The highest BCUT2D eigenvalue weighted by Crippen LogP contribution is 2.31. The number of carbonyl (C=O) groups is 1. The Kier molecular flexibility index (Phi) is 3.50. The maximum absolute atomic E-state index is 13.5. The molecule has 1 fully saturated rings. The van der Waals surface area contributed by atoms with E-state index in [2.05, 4.69) is 0 Å². The monoisotopic (exact) mass is 269 g/mol. The van der Waals surface area contributed by atoms with Crippen LogP contribution in [0.1, 0.15) is 0 Å². The van der Waals surface area contributed by atoms with Crippen molar-refractivity contribution in [1.82, 2.24) is 4.90 Å². The summed E-state index contributed by atoms with van der Waals surface area (Å²) >= 11 is 0. The zero-order valence-electron chi connectivity index (χ0n) is 9.95. The number of amides is 1. The Bertz CT molecular complexity index is 515. The molecule has 0 bridgehead atoms. The normalized spacial score (nSPS) is 15.4. The van der Waals surface area contributed by atoms with E-state index in [9.17, 15) is 19.3 Å². The number of rotatable bonds is 2. The van der Waals surface area contributed by atoms with E-state index >= 15 is 0 Å². The molecule has 1 N–H and O–H groups in total. The van der Waals surface area contributed by atoms with Gasteiger partial charge in [0.2, 0.25) is 5.82 Å². The van der Waals surface area contributed by atoms with Crippen LogP contribution in [0.15, 0.2) is 18.2 Å². The van der Waals surface area contributed by atoms with Crippen LogP contribution >= 0.6 is 0 Å². The summed E-state index contributed by atoms with van der Waals surface area (Å²) in [6.07, 6.45) is -1.02. The van der Waals surface area contributed by atoms with Crippen molar-refractivity contribution in [2.75, 3.05) is 31.1 Å². The molecule has 1 amide bonds. The third kappa shape index (κ3) is 2.56. The van der Waals surface area contributed by atoms with Crippen LogP contribution in [0.4, 0.5) is 20.6 Å². The minimum atomic E-state index is -1.02. The zero-order valence-corrected chi connectivity index (χ0v) is 9.95. The summed E-state index contributed by atoms with van der Waals surface area (Å²) < 4.78 is 13.5. The molecule has 1 aliphatic rings. The Hall–Kier alpha value is -2.38. The molecule has 1 aromatic carbocycles. The second-order valence-electron chi connectivity index (χ2n) is 4.12. The first-order valence-electron chi connectivity index (χ1n) is 5.66. The van der Waals surface area contributed by atoms with Gasteiger partial charge in [-0.2, -0.15) is 4.39 Å². The molecule has 7 nitrogen and oxygen atoms in total. The number of anilines is 1. The number of hydrogen-bond acceptors (Lipinski definition) is 4. The molecule has 1 aromatic rings. The van der Waals surface area contributed by atoms with Gasteiger partial charge in [-0.1, -0.05) is 6.07 Å². The fourth-order valence-corrected chi connectivity index (χ4v) is 2.08. The van der Waals surface area contributed by atoms with Crippen molar-refractivity contribution in [3.05, 3.63) is 34.1 Å². The molecular formula is C11H12FN3O4. The summed E-state index contributed by atoms with van der Waals surface area (Å²) in [6, 6.07) is 3.91. The predicted octanol–water partition coefficient (Wildman–Crippen LogP) is 1.53. The number of piperazine rings is 1. The van der Waals surface area contributed by atoms with Gasteiger partial charge in [-0.15, -0.1) is 0 Å². The third-order valence-corrected chi connectivity index (χ3v) is 3.04. The van der Waals surface area contributed by atoms with Gasteiger partial charge >= 0.3 is 11.8 Å². The topological polar surface area (TPSA) is 86.9 Å². The van der Waals surface area contributed by atoms with Gasteiger partial charge in [0.1, 0.15) is 5.69 Å². The number of benzene rings is 1. The molecule has 0 atom stereocenters. The van der Waals surface area contributed by atoms with Crippen LogP contribution < -0.4 is 4.90 Å². The zero-order chi connectivity index (χ0) is 14.0.